The van der Waals surface area contributed by atoms with Crippen LogP contribution in [0.1, 0.15) is 25.8 Å². The third-order valence-corrected chi connectivity index (χ3v) is 3.81. The highest BCUT2D eigenvalue weighted by Crippen LogP contribution is 2.30. The highest BCUT2D eigenvalue weighted by Gasteiger charge is 2.49. The van der Waals surface area contributed by atoms with Crippen LogP contribution in [0.15, 0.2) is 24.3 Å². The fourth-order valence-corrected chi connectivity index (χ4v) is 2.47. The van der Waals surface area contributed by atoms with Crippen LogP contribution in [0, 0.1) is 0 Å². The van der Waals surface area contributed by atoms with E-state index < -0.39 is 30.0 Å². The van der Waals surface area contributed by atoms with Gasteiger partial charge in [0.25, 0.3) is 5.91 Å². The normalized spacial score (nSPS) is 20.0. The third kappa shape index (κ3) is 4.04. The van der Waals surface area contributed by atoms with Crippen molar-refractivity contribution in [3.63, 3.8) is 0 Å². The number of carbonyl (C=O) groups excluding carboxylic acids is 3. The van der Waals surface area contributed by atoms with Gasteiger partial charge in [-0.3, -0.25) is 14.5 Å². The molecular formula is C16H19F2N3O4. The van der Waals surface area contributed by atoms with Gasteiger partial charge in [0, 0.05) is 6.54 Å². The van der Waals surface area contributed by atoms with Gasteiger partial charge in [0.2, 0.25) is 5.91 Å². The van der Waals surface area contributed by atoms with Gasteiger partial charge in [0.05, 0.1) is 0 Å². The maximum absolute atomic E-state index is 12.6. The molecule has 1 heterocycles. The predicted octanol–water partition coefficient (Wildman–Crippen LogP) is 1.58. The zero-order chi connectivity index (χ0) is 18.6. The molecule has 0 aromatic heterocycles. The largest absolute Gasteiger partial charge is 0.435 e. The van der Waals surface area contributed by atoms with Crippen LogP contribution in [0.3, 0.4) is 0 Å². The van der Waals surface area contributed by atoms with Crippen LogP contribution >= 0.6 is 0 Å². The van der Waals surface area contributed by atoms with E-state index in [9.17, 15) is 23.2 Å². The summed E-state index contributed by atoms with van der Waals surface area (Å²) in [7, 11) is 0. The molecule has 0 spiro atoms. The van der Waals surface area contributed by atoms with Crippen molar-refractivity contribution in [2.24, 2.45) is 0 Å². The highest BCUT2D eigenvalue weighted by molar-refractivity contribution is 6.09. The van der Waals surface area contributed by atoms with E-state index in [0.29, 0.717) is 12.1 Å². The molecule has 2 rings (SSSR count). The lowest BCUT2D eigenvalue weighted by Crippen LogP contribution is -2.43. The van der Waals surface area contributed by atoms with E-state index in [1.54, 1.807) is 0 Å². The van der Waals surface area contributed by atoms with Crippen LogP contribution in [0.2, 0.25) is 0 Å². The lowest BCUT2D eigenvalue weighted by Gasteiger charge is -2.22. The molecule has 1 aliphatic rings. The number of nitrogens with one attached hydrogen (secondary N) is 2. The number of alkyl halides is 2. The average molecular weight is 355 g/mol. The number of amides is 4. The first-order valence-corrected chi connectivity index (χ1v) is 7.74. The van der Waals surface area contributed by atoms with Crippen LogP contribution in [0.25, 0.3) is 0 Å². The lowest BCUT2D eigenvalue weighted by molar-refractivity contribution is -0.134. The zero-order valence-corrected chi connectivity index (χ0v) is 13.8. The Kier molecular flexibility index (Phi) is 5.55. The van der Waals surface area contributed by atoms with Gasteiger partial charge in [-0.05, 0) is 31.0 Å². The molecule has 0 radical (unpaired) electrons. The molecule has 4 amide bonds. The quantitative estimate of drug-likeness (QED) is 0.727. The molecular weight excluding hydrogens is 336 g/mol. The number of benzene rings is 1. The minimum Gasteiger partial charge on any atom is -0.435 e. The summed E-state index contributed by atoms with van der Waals surface area (Å²) < 4.78 is 28.6. The Bertz CT molecular complexity index is 666. The molecule has 25 heavy (non-hydrogen) atoms. The number of halogens is 2. The predicted molar refractivity (Wildman–Crippen MR) is 84.0 cm³/mol. The third-order valence-electron chi connectivity index (χ3n) is 3.81. The number of hydrogen-bond acceptors (Lipinski definition) is 4. The molecule has 0 saturated carbocycles. The SMILES string of the molecule is CCCNC(=O)CN1C(=O)N[C@@](C)(c2ccc(OC(F)F)cc2)C1=O. The summed E-state index contributed by atoms with van der Waals surface area (Å²) in [4.78, 5) is 37.3. The molecule has 9 heteroatoms. The highest BCUT2D eigenvalue weighted by atomic mass is 19.3. The van der Waals surface area contributed by atoms with Crippen LogP contribution in [0.4, 0.5) is 13.6 Å². The average Bonchev–Trinajstić information content (AvgIpc) is 2.77. The molecule has 2 N–H and O–H groups in total. The standard InChI is InChI=1S/C16H19F2N3O4/c1-3-8-19-12(22)9-21-13(23)16(2,20-15(21)24)10-4-6-11(7-5-10)25-14(17)18/h4-7,14H,3,8-9H2,1-2H3,(H,19,22)(H,20,24)/t16-/m0/s1. The van der Waals surface area contributed by atoms with Gasteiger partial charge in [-0.2, -0.15) is 8.78 Å². The van der Waals surface area contributed by atoms with Crippen molar-refractivity contribution in [2.45, 2.75) is 32.4 Å². The van der Waals surface area contributed by atoms with Gasteiger partial charge in [0.15, 0.2) is 0 Å². The van der Waals surface area contributed by atoms with Crippen molar-refractivity contribution < 1.29 is 27.9 Å². The van der Waals surface area contributed by atoms with Gasteiger partial charge >= 0.3 is 12.6 Å². The van der Waals surface area contributed by atoms with E-state index >= 15 is 0 Å². The molecule has 1 fully saturated rings. The Morgan fingerprint density at radius 2 is 1.96 bits per heavy atom. The van der Waals surface area contributed by atoms with Crippen molar-refractivity contribution in [1.29, 1.82) is 0 Å². The smallest absolute Gasteiger partial charge is 0.387 e. The summed E-state index contributed by atoms with van der Waals surface area (Å²) in [6.07, 6.45) is 0.733. The van der Waals surface area contributed by atoms with Gasteiger partial charge in [-0.15, -0.1) is 0 Å². The maximum atomic E-state index is 12.6. The summed E-state index contributed by atoms with van der Waals surface area (Å²) in [6.45, 7) is 0.483. The second-order valence-corrected chi connectivity index (χ2v) is 5.70. The molecule has 1 aromatic carbocycles. The summed E-state index contributed by atoms with van der Waals surface area (Å²) in [5, 5.41) is 5.13. The number of ether oxygens (including phenoxy) is 1. The lowest BCUT2D eigenvalue weighted by atomic mass is 9.92. The van der Waals surface area contributed by atoms with E-state index in [-0.39, 0.29) is 12.3 Å². The molecule has 1 atom stereocenters. The van der Waals surface area contributed by atoms with Crippen LogP contribution in [0.5, 0.6) is 5.75 Å². The minimum absolute atomic E-state index is 0.0603. The van der Waals surface area contributed by atoms with Crippen molar-refractivity contribution in [1.82, 2.24) is 15.5 Å². The summed E-state index contributed by atoms with van der Waals surface area (Å²) >= 11 is 0. The first-order chi connectivity index (χ1) is 11.8. The number of imide groups is 1. The van der Waals surface area contributed by atoms with E-state index in [2.05, 4.69) is 15.4 Å². The van der Waals surface area contributed by atoms with Crippen molar-refractivity contribution >= 4 is 17.8 Å². The molecule has 0 aliphatic carbocycles. The van der Waals surface area contributed by atoms with Crippen molar-refractivity contribution in [3.8, 4) is 5.75 Å². The van der Waals surface area contributed by atoms with E-state index in [4.69, 9.17) is 0 Å². The fraction of sp³-hybridized carbons (Fsp3) is 0.438. The Balaban J connectivity index is 2.14. The Hall–Kier alpha value is -2.71. The van der Waals surface area contributed by atoms with Gasteiger partial charge < -0.3 is 15.4 Å². The van der Waals surface area contributed by atoms with Crippen LogP contribution in [-0.4, -0.2) is 42.4 Å². The van der Waals surface area contributed by atoms with Crippen LogP contribution < -0.4 is 15.4 Å². The van der Waals surface area contributed by atoms with E-state index in [1.807, 2.05) is 6.92 Å². The number of urea groups is 1. The first kappa shape index (κ1) is 18.6. The first-order valence-electron chi connectivity index (χ1n) is 7.74. The topological polar surface area (TPSA) is 87.7 Å². The number of carbonyl (C=O) groups is 3. The Morgan fingerprint density at radius 1 is 1.32 bits per heavy atom. The maximum Gasteiger partial charge on any atom is 0.387 e. The van der Waals surface area contributed by atoms with Gasteiger partial charge in [-0.25, -0.2) is 4.79 Å². The molecule has 0 unspecified atom stereocenters. The van der Waals surface area contributed by atoms with Crippen molar-refractivity contribution in [3.05, 3.63) is 29.8 Å². The molecule has 7 nitrogen and oxygen atoms in total. The number of hydrogen-bond donors (Lipinski definition) is 2. The Morgan fingerprint density at radius 3 is 2.52 bits per heavy atom. The summed E-state index contributed by atoms with van der Waals surface area (Å²) in [5.74, 6) is -1.09. The Labute approximate surface area is 143 Å². The zero-order valence-electron chi connectivity index (χ0n) is 13.8. The van der Waals surface area contributed by atoms with Gasteiger partial charge in [-0.1, -0.05) is 19.1 Å². The van der Waals surface area contributed by atoms with E-state index in [0.717, 1.165) is 11.3 Å². The van der Waals surface area contributed by atoms with Gasteiger partial charge in [0.1, 0.15) is 17.8 Å². The molecule has 1 aliphatic heterocycles. The van der Waals surface area contributed by atoms with Crippen molar-refractivity contribution in [2.75, 3.05) is 13.1 Å². The molecule has 1 aromatic rings. The second-order valence-electron chi connectivity index (χ2n) is 5.70. The fourth-order valence-electron chi connectivity index (χ4n) is 2.47. The number of nitrogens with zero attached hydrogens (tertiary/aromatic N) is 1. The van der Waals surface area contributed by atoms with E-state index in [1.165, 1.54) is 31.2 Å². The minimum atomic E-state index is -2.95. The second kappa shape index (κ2) is 7.45. The summed E-state index contributed by atoms with van der Waals surface area (Å²) in [5.41, 5.74) is -0.991. The van der Waals surface area contributed by atoms with Crippen LogP contribution in [-0.2, 0) is 15.1 Å². The number of rotatable bonds is 7. The molecule has 136 valence electrons. The molecule has 0 bridgehead atoms. The molecule has 1 saturated heterocycles. The monoisotopic (exact) mass is 355 g/mol. The summed E-state index contributed by atoms with van der Waals surface area (Å²) in [6, 6.07) is 4.70.